The fourth-order valence-corrected chi connectivity index (χ4v) is 2.53. The molecule has 5 nitrogen and oxygen atoms in total. The van der Waals surface area contributed by atoms with Crippen LogP contribution in [0.15, 0.2) is 24.3 Å². The zero-order valence-electron chi connectivity index (χ0n) is 10.4. The van der Waals surface area contributed by atoms with E-state index in [9.17, 15) is 9.90 Å². The molecule has 0 saturated heterocycles. The Kier molecular flexibility index (Phi) is 4.01. The summed E-state index contributed by atoms with van der Waals surface area (Å²) in [6.45, 7) is 2.32. The molecule has 0 unspecified atom stereocenters. The molecule has 3 N–H and O–H groups in total. The van der Waals surface area contributed by atoms with E-state index in [1.54, 1.807) is 25.1 Å². The Morgan fingerprint density at radius 3 is 2.89 bits per heavy atom. The van der Waals surface area contributed by atoms with E-state index in [2.05, 4.69) is 10.3 Å². The number of rotatable bonds is 5. The van der Waals surface area contributed by atoms with Crippen LogP contribution in [0.1, 0.15) is 20.9 Å². The minimum absolute atomic E-state index is 0.246. The molecular weight excluding hydrogens is 264 g/mol. The summed E-state index contributed by atoms with van der Waals surface area (Å²) in [7, 11) is 0. The Balaban J connectivity index is 1.92. The van der Waals surface area contributed by atoms with Gasteiger partial charge in [0.15, 0.2) is 5.13 Å². The monoisotopic (exact) mass is 278 g/mol. The van der Waals surface area contributed by atoms with Crippen LogP contribution in [0.4, 0.5) is 5.13 Å². The normalized spacial score (nSPS) is 10.4. The van der Waals surface area contributed by atoms with Crippen LogP contribution in [0.5, 0.6) is 5.75 Å². The highest BCUT2D eigenvalue weighted by molar-refractivity contribution is 7.17. The van der Waals surface area contributed by atoms with Crippen LogP contribution in [-0.4, -0.2) is 27.7 Å². The van der Waals surface area contributed by atoms with Crippen molar-refractivity contribution in [3.63, 3.8) is 0 Å². The number of nitrogens with one attached hydrogen (secondary N) is 1. The standard InChI is InChI=1S/C13H14N2O3S/c1-8-11(12(17)18)19-13(15-8)14-6-5-9-3-2-4-10(16)7-9/h2-4,7,16H,5-6H2,1H3,(H,14,15)(H,17,18). The van der Waals surface area contributed by atoms with Crippen LogP contribution < -0.4 is 5.32 Å². The average Bonchev–Trinajstić information content (AvgIpc) is 2.71. The lowest BCUT2D eigenvalue weighted by molar-refractivity contribution is 0.0701. The molecule has 0 bridgehead atoms. The maximum atomic E-state index is 10.9. The van der Waals surface area contributed by atoms with E-state index in [0.717, 1.165) is 23.3 Å². The second-order valence-electron chi connectivity index (χ2n) is 4.09. The second kappa shape index (κ2) is 5.71. The van der Waals surface area contributed by atoms with Crippen LogP contribution in [0.2, 0.25) is 0 Å². The van der Waals surface area contributed by atoms with Gasteiger partial charge in [0, 0.05) is 6.54 Å². The molecule has 19 heavy (non-hydrogen) atoms. The highest BCUT2D eigenvalue weighted by atomic mass is 32.1. The molecule has 100 valence electrons. The van der Waals surface area contributed by atoms with E-state index >= 15 is 0 Å². The topological polar surface area (TPSA) is 82.5 Å². The molecule has 0 fully saturated rings. The highest BCUT2D eigenvalue weighted by Crippen LogP contribution is 2.22. The first-order valence-corrected chi connectivity index (χ1v) is 6.60. The number of hydrogen-bond donors (Lipinski definition) is 3. The summed E-state index contributed by atoms with van der Waals surface area (Å²) in [5.74, 6) is -0.702. The average molecular weight is 278 g/mol. The summed E-state index contributed by atoms with van der Waals surface area (Å²) in [6, 6.07) is 7.05. The summed E-state index contributed by atoms with van der Waals surface area (Å²) < 4.78 is 0. The van der Waals surface area contributed by atoms with E-state index in [0.29, 0.717) is 17.4 Å². The van der Waals surface area contributed by atoms with Crippen molar-refractivity contribution in [2.45, 2.75) is 13.3 Å². The minimum Gasteiger partial charge on any atom is -0.508 e. The molecule has 0 atom stereocenters. The van der Waals surface area contributed by atoms with Gasteiger partial charge in [-0.05, 0) is 31.0 Å². The fourth-order valence-electron chi connectivity index (χ4n) is 1.70. The lowest BCUT2D eigenvalue weighted by Gasteiger charge is -2.03. The molecule has 0 saturated carbocycles. The Morgan fingerprint density at radius 2 is 2.26 bits per heavy atom. The van der Waals surface area contributed by atoms with Gasteiger partial charge < -0.3 is 15.5 Å². The van der Waals surface area contributed by atoms with Crippen molar-refractivity contribution in [1.29, 1.82) is 0 Å². The molecule has 1 aromatic heterocycles. The molecule has 2 rings (SSSR count). The summed E-state index contributed by atoms with van der Waals surface area (Å²) in [5.41, 5.74) is 1.54. The largest absolute Gasteiger partial charge is 0.508 e. The Bertz CT molecular complexity index is 595. The molecular formula is C13H14N2O3S. The zero-order chi connectivity index (χ0) is 13.8. The highest BCUT2D eigenvalue weighted by Gasteiger charge is 2.13. The lowest BCUT2D eigenvalue weighted by atomic mass is 10.1. The van der Waals surface area contributed by atoms with Gasteiger partial charge in [-0.15, -0.1) is 0 Å². The van der Waals surface area contributed by atoms with Gasteiger partial charge in [-0.2, -0.15) is 0 Å². The molecule has 0 spiro atoms. The van der Waals surface area contributed by atoms with E-state index in [4.69, 9.17) is 5.11 Å². The summed E-state index contributed by atoms with van der Waals surface area (Å²) in [5, 5.41) is 22.0. The Labute approximate surface area is 114 Å². The summed E-state index contributed by atoms with van der Waals surface area (Å²) >= 11 is 1.13. The quantitative estimate of drug-likeness (QED) is 0.782. The number of aryl methyl sites for hydroxylation is 1. The van der Waals surface area contributed by atoms with Gasteiger partial charge in [-0.3, -0.25) is 0 Å². The first kappa shape index (κ1) is 13.4. The van der Waals surface area contributed by atoms with Crippen LogP contribution >= 0.6 is 11.3 Å². The first-order chi connectivity index (χ1) is 9.06. The smallest absolute Gasteiger partial charge is 0.347 e. The van der Waals surface area contributed by atoms with Gasteiger partial charge in [-0.1, -0.05) is 23.5 Å². The molecule has 0 amide bonds. The molecule has 1 heterocycles. The number of benzene rings is 1. The predicted octanol–water partition coefficient (Wildman–Crippen LogP) is 2.51. The third-order valence-electron chi connectivity index (χ3n) is 2.59. The zero-order valence-corrected chi connectivity index (χ0v) is 11.2. The lowest BCUT2D eigenvalue weighted by Crippen LogP contribution is -2.04. The van der Waals surface area contributed by atoms with Crippen molar-refractivity contribution in [3.05, 3.63) is 40.4 Å². The summed E-state index contributed by atoms with van der Waals surface area (Å²) in [6.07, 6.45) is 0.732. The number of carboxylic acid groups (broad SMARTS) is 1. The number of phenols is 1. The number of carbonyl (C=O) groups is 1. The summed E-state index contributed by atoms with van der Waals surface area (Å²) in [4.78, 5) is 15.3. The van der Waals surface area contributed by atoms with Crippen molar-refractivity contribution in [1.82, 2.24) is 4.98 Å². The molecule has 2 aromatic rings. The van der Waals surface area contributed by atoms with Gasteiger partial charge in [0.25, 0.3) is 0 Å². The van der Waals surface area contributed by atoms with Crippen LogP contribution in [0, 0.1) is 6.92 Å². The van der Waals surface area contributed by atoms with Crippen molar-refractivity contribution in [2.75, 3.05) is 11.9 Å². The molecule has 6 heteroatoms. The third-order valence-corrected chi connectivity index (χ3v) is 3.69. The Hall–Kier alpha value is -2.08. The van der Waals surface area contributed by atoms with Gasteiger partial charge in [0.1, 0.15) is 10.6 Å². The van der Waals surface area contributed by atoms with Crippen molar-refractivity contribution >= 4 is 22.4 Å². The maximum absolute atomic E-state index is 10.9. The first-order valence-electron chi connectivity index (χ1n) is 5.79. The molecule has 0 aliphatic heterocycles. The van der Waals surface area contributed by atoms with Crippen molar-refractivity contribution in [2.24, 2.45) is 0 Å². The van der Waals surface area contributed by atoms with Gasteiger partial charge in [-0.25, -0.2) is 9.78 Å². The Morgan fingerprint density at radius 1 is 1.47 bits per heavy atom. The number of anilines is 1. The number of aromatic hydroxyl groups is 1. The molecule has 0 aliphatic rings. The molecule has 1 aromatic carbocycles. The van der Waals surface area contributed by atoms with Gasteiger partial charge in [0.2, 0.25) is 0 Å². The number of aromatic carboxylic acids is 1. The van der Waals surface area contributed by atoms with E-state index in [1.807, 2.05) is 6.07 Å². The maximum Gasteiger partial charge on any atom is 0.347 e. The van der Waals surface area contributed by atoms with Crippen molar-refractivity contribution < 1.29 is 15.0 Å². The van der Waals surface area contributed by atoms with Gasteiger partial charge >= 0.3 is 5.97 Å². The van der Waals surface area contributed by atoms with E-state index in [-0.39, 0.29) is 10.6 Å². The van der Waals surface area contributed by atoms with Crippen LogP contribution in [-0.2, 0) is 6.42 Å². The van der Waals surface area contributed by atoms with Crippen LogP contribution in [0.25, 0.3) is 0 Å². The number of thiazole rings is 1. The van der Waals surface area contributed by atoms with Crippen molar-refractivity contribution in [3.8, 4) is 5.75 Å². The molecule has 0 radical (unpaired) electrons. The number of aromatic nitrogens is 1. The minimum atomic E-state index is -0.948. The SMILES string of the molecule is Cc1nc(NCCc2cccc(O)c2)sc1C(=O)O. The number of hydrogen-bond acceptors (Lipinski definition) is 5. The van der Waals surface area contributed by atoms with Gasteiger partial charge in [0.05, 0.1) is 5.69 Å². The fraction of sp³-hybridized carbons (Fsp3) is 0.231. The van der Waals surface area contributed by atoms with Crippen LogP contribution in [0.3, 0.4) is 0 Å². The predicted molar refractivity (Wildman–Crippen MR) is 74.1 cm³/mol. The molecule has 0 aliphatic carbocycles. The third kappa shape index (κ3) is 3.45. The van der Waals surface area contributed by atoms with E-state index in [1.165, 1.54) is 0 Å². The number of nitrogens with zero attached hydrogens (tertiary/aromatic N) is 1. The number of phenolic OH excluding ortho intramolecular Hbond substituents is 1. The second-order valence-corrected chi connectivity index (χ2v) is 5.08. The number of carboxylic acids is 1. The van der Waals surface area contributed by atoms with E-state index < -0.39 is 5.97 Å².